The molecule has 100 valence electrons. The Morgan fingerprint density at radius 1 is 1.28 bits per heavy atom. The molecule has 2 nitrogen and oxygen atoms in total. The smallest absolute Gasteiger partial charge is 0.0426 e. The second kappa shape index (κ2) is 6.69. The predicted octanol–water partition coefficient (Wildman–Crippen LogP) is 3.03. The van der Waals surface area contributed by atoms with Crippen LogP contribution in [0, 0.1) is 5.92 Å². The van der Waals surface area contributed by atoms with Crippen LogP contribution in [0.15, 0.2) is 24.3 Å². The number of rotatable bonds is 4. The fourth-order valence-electron chi connectivity index (χ4n) is 2.36. The SMILES string of the molecule is CC(CS)CN1CCN(c2cccc(Cl)c2)CC1. The summed E-state index contributed by atoms with van der Waals surface area (Å²) >= 11 is 10.4. The molecule has 1 saturated heterocycles. The van der Waals surface area contributed by atoms with Gasteiger partial charge in [0.2, 0.25) is 0 Å². The molecular formula is C14H21ClN2S. The Balaban J connectivity index is 1.87. The standard InChI is InChI=1S/C14H21ClN2S/c1-12(11-18)10-16-5-7-17(8-6-16)14-4-2-3-13(15)9-14/h2-4,9,12,18H,5-8,10-11H2,1H3. The van der Waals surface area contributed by atoms with Crippen molar-refractivity contribution in [3.05, 3.63) is 29.3 Å². The lowest BCUT2D eigenvalue weighted by Crippen LogP contribution is -2.47. The summed E-state index contributed by atoms with van der Waals surface area (Å²) in [6.45, 7) is 7.84. The zero-order valence-corrected chi connectivity index (χ0v) is 12.5. The van der Waals surface area contributed by atoms with Gasteiger partial charge in [-0.2, -0.15) is 12.6 Å². The molecule has 1 aliphatic rings. The van der Waals surface area contributed by atoms with Crippen molar-refractivity contribution < 1.29 is 0 Å². The Morgan fingerprint density at radius 2 is 2.00 bits per heavy atom. The van der Waals surface area contributed by atoms with E-state index in [1.807, 2.05) is 18.2 Å². The summed E-state index contributed by atoms with van der Waals surface area (Å²) in [4.78, 5) is 4.94. The fourth-order valence-corrected chi connectivity index (χ4v) is 2.66. The molecule has 1 aromatic rings. The van der Waals surface area contributed by atoms with Gasteiger partial charge in [-0.15, -0.1) is 0 Å². The molecule has 1 heterocycles. The average molecular weight is 285 g/mol. The van der Waals surface area contributed by atoms with Crippen LogP contribution in [0.2, 0.25) is 5.02 Å². The molecule has 1 atom stereocenters. The minimum atomic E-state index is 0.672. The molecule has 2 rings (SSSR count). The summed E-state index contributed by atoms with van der Waals surface area (Å²) in [5.74, 6) is 1.64. The second-order valence-corrected chi connectivity index (χ2v) is 5.86. The van der Waals surface area contributed by atoms with Gasteiger partial charge in [0.15, 0.2) is 0 Å². The molecule has 1 aliphatic heterocycles. The number of hydrogen-bond acceptors (Lipinski definition) is 3. The van der Waals surface area contributed by atoms with Gasteiger partial charge < -0.3 is 4.90 Å². The van der Waals surface area contributed by atoms with E-state index in [9.17, 15) is 0 Å². The van der Waals surface area contributed by atoms with E-state index in [0.29, 0.717) is 5.92 Å². The van der Waals surface area contributed by atoms with E-state index in [0.717, 1.165) is 43.5 Å². The molecule has 0 saturated carbocycles. The zero-order chi connectivity index (χ0) is 13.0. The molecular weight excluding hydrogens is 264 g/mol. The Bertz CT molecular complexity index is 378. The lowest BCUT2D eigenvalue weighted by atomic mass is 10.2. The molecule has 0 aromatic heterocycles. The summed E-state index contributed by atoms with van der Waals surface area (Å²) in [7, 11) is 0. The van der Waals surface area contributed by atoms with Crippen LogP contribution in [0.25, 0.3) is 0 Å². The number of thiol groups is 1. The molecule has 0 radical (unpaired) electrons. The summed E-state index contributed by atoms with van der Waals surface area (Å²) < 4.78 is 0. The third-order valence-electron chi connectivity index (χ3n) is 3.43. The first kappa shape index (κ1) is 14.0. The lowest BCUT2D eigenvalue weighted by molar-refractivity contribution is 0.233. The highest BCUT2D eigenvalue weighted by Crippen LogP contribution is 2.21. The third-order valence-corrected chi connectivity index (χ3v) is 4.29. The molecule has 18 heavy (non-hydrogen) atoms. The van der Waals surface area contributed by atoms with Crippen molar-refractivity contribution in [1.82, 2.24) is 4.90 Å². The van der Waals surface area contributed by atoms with Gasteiger partial charge >= 0.3 is 0 Å². The first-order chi connectivity index (χ1) is 8.69. The predicted molar refractivity (Wildman–Crippen MR) is 83.1 cm³/mol. The maximum Gasteiger partial charge on any atom is 0.0426 e. The van der Waals surface area contributed by atoms with Crippen molar-refractivity contribution in [1.29, 1.82) is 0 Å². The molecule has 1 fully saturated rings. The van der Waals surface area contributed by atoms with Gasteiger partial charge in [-0.05, 0) is 29.9 Å². The highest BCUT2D eigenvalue weighted by Gasteiger charge is 2.18. The van der Waals surface area contributed by atoms with Crippen LogP contribution >= 0.6 is 24.2 Å². The highest BCUT2D eigenvalue weighted by atomic mass is 35.5. The van der Waals surface area contributed by atoms with Gasteiger partial charge in [0.05, 0.1) is 0 Å². The van der Waals surface area contributed by atoms with Crippen LogP contribution in [-0.4, -0.2) is 43.4 Å². The normalized spacial score (nSPS) is 18.9. The lowest BCUT2D eigenvalue weighted by Gasteiger charge is -2.37. The van der Waals surface area contributed by atoms with Crippen molar-refractivity contribution in [3.63, 3.8) is 0 Å². The minimum Gasteiger partial charge on any atom is -0.369 e. The van der Waals surface area contributed by atoms with E-state index in [4.69, 9.17) is 11.6 Å². The molecule has 0 bridgehead atoms. The Labute approximate surface area is 120 Å². The van der Waals surface area contributed by atoms with Gasteiger partial charge in [-0.25, -0.2) is 0 Å². The number of hydrogen-bond donors (Lipinski definition) is 1. The molecule has 0 N–H and O–H groups in total. The topological polar surface area (TPSA) is 6.48 Å². The van der Waals surface area contributed by atoms with Crippen LogP contribution < -0.4 is 4.90 Å². The third kappa shape index (κ3) is 3.81. The maximum atomic E-state index is 6.03. The first-order valence-corrected chi connectivity index (χ1v) is 7.54. The van der Waals surface area contributed by atoms with E-state index in [-0.39, 0.29) is 0 Å². The van der Waals surface area contributed by atoms with E-state index in [1.165, 1.54) is 5.69 Å². The molecule has 1 aromatic carbocycles. The minimum absolute atomic E-state index is 0.672. The van der Waals surface area contributed by atoms with Crippen LogP contribution in [0.5, 0.6) is 0 Å². The Hall–Kier alpha value is -0.380. The largest absolute Gasteiger partial charge is 0.369 e. The Morgan fingerprint density at radius 3 is 2.61 bits per heavy atom. The Kier molecular flexibility index (Phi) is 5.22. The molecule has 0 aliphatic carbocycles. The van der Waals surface area contributed by atoms with Gasteiger partial charge in [0, 0.05) is 43.4 Å². The summed E-state index contributed by atoms with van der Waals surface area (Å²) in [5, 5.41) is 0.818. The zero-order valence-electron chi connectivity index (χ0n) is 10.8. The van der Waals surface area contributed by atoms with E-state index < -0.39 is 0 Å². The van der Waals surface area contributed by atoms with Crippen molar-refractivity contribution in [2.45, 2.75) is 6.92 Å². The van der Waals surface area contributed by atoms with Crippen LogP contribution in [-0.2, 0) is 0 Å². The number of piperazine rings is 1. The van der Waals surface area contributed by atoms with Crippen molar-refractivity contribution in [2.24, 2.45) is 5.92 Å². The van der Waals surface area contributed by atoms with Crippen LogP contribution in [0.3, 0.4) is 0 Å². The summed E-state index contributed by atoms with van der Waals surface area (Å²) in [5.41, 5.74) is 1.24. The maximum absolute atomic E-state index is 6.03. The monoisotopic (exact) mass is 284 g/mol. The van der Waals surface area contributed by atoms with E-state index >= 15 is 0 Å². The second-order valence-electron chi connectivity index (χ2n) is 5.06. The molecule has 0 spiro atoms. The molecule has 0 amide bonds. The quantitative estimate of drug-likeness (QED) is 0.849. The van der Waals surface area contributed by atoms with Gasteiger partial charge in [-0.3, -0.25) is 4.90 Å². The van der Waals surface area contributed by atoms with Gasteiger partial charge in [-0.1, -0.05) is 24.6 Å². The van der Waals surface area contributed by atoms with Gasteiger partial charge in [0.1, 0.15) is 0 Å². The van der Waals surface area contributed by atoms with Crippen molar-refractivity contribution in [2.75, 3.05) is 43.4 Å². The first-order valence-electron chi connectivity index (χ1n) is 6.53. The van der Waals surface area contributed by atoms with E-state index in [2.05, 4.69) is 35.4 Å². The molecule has 4 heteroatoms. The van der Waals surface area contributed by atoms with Crippen molar-refractivity contribution in [3.8, 4) is 0 Å². The van der Waals surface area contributed by atoms with Gasteiger partial charge in [0.25, 0.3) is 0 Å². The molecule has 1 unspecified atom stereocenters. The number of anilines is 1. The number of nitrogens with zero attached hydrogens (tertiary/aromatic N) is 2. The highest BCUT2D eigenvalue weighted by molar-refractivity contribution is 7.80. The van der Waals surface area contributed by atoms with E-state index in [1.54, 1.807) is 0 Å². The number of halogens is 1. The average Bonchev–Trinajstić information content (AvgIpc) is 2.39. The summed E-state index contributed by atoms with van der Waals surface area (Å²) in [6, 6.07) is 8.13. The van der Waals surface area contributed by atoms with Crippen molar-refractivity contribution >= 4 is 29.9 Å². The van der Waals surface area contributed by atoms with Crippen LogP contribution in [0.4, 0.5) is 5.69 Å². The fraction of sp³-hybridized carbons (Fsp3) is 0.571. The number of benzene rings is 1. The summed E-state index contributed by atoms with van der Waals surface area (Å²) in [6.07, 6.45) is 0. The van der Waals surface area contributed by atoms with Crippen LogP contribution in [0.1, 0.15) is 6.92 Å².